The average Bonchev–Trinajstić information content (AvgIpc) is 3.35. The van der Waals surface area contributed by atoms with Crippen molar-refractivity contribution in [1.29, 1.82) is 0 Å². The Morgan fingerprint density at radius 1 is 1.09 bits per heavy atom. The van der Waals surface area contributed by atoms with E-state index in [0.29, 0.717) is 22.4 Å². The van der Waals surface area contributed by atoms with Crippen LogP contribution < -0.4 is 10.1 Å². The molecule has 0 spiro atoms. The lowest BCUT2D eigenvalue weighted by Gasteiger charge is -2.08. The number of benzene rings is 2. The number of hydrogen-bond donors (Lipinski definition) is 1. The summed E-state index contributed by atoms with van der Waals surface area (Å²) in [6, 6.07) is 12.0. The number of amides is 1. The smallest absolute Gasteiger partial charge is 0.226 e. The van der Waals surface area contributed by atoms with Crippen LogP contribution >= 0.6 is 11.3 Å². The van der Waals surface area contributed by atoms with Gasteiger partial charge in [0.1, 0.15) is 11.6 Å². The third kappa shape index (κ3) is 4.91. The van der Waals surface area contributed by atoms with E-state index in [1.165, 1.54) is 36.1 Å². The zero-order chi connectivity index (χ0) is 23.8. The lowest BCUT2D eigenvalue weighted by atomic mass is 10.1. The van der Waals surface area contributed by atoms with Crippen LogP contribution in [0.3, 0.4) is 0 Å². The Morgan fingerprint density at radius 2 is 1.79 bits per heavy atom. The summed E-state index contributed by atoms with van der Waals surface area (Å²) < 4.78 is 32.8. The number of ether oxygens (including phenoxy) is 1. The number of aryl methyl sites for hydroxylation is 3. The molecule has 0 atom stereocenters. The van der Waals surface area contributed by atoms with Gasteiger partial charge in [0.2, 0.25) is 11.0 Å². The van der Waals surface area contributed by atoms with E-state index in [0.717, 1.165) is 15.8 Å². The maximum Gasteiger partial charge on any atom is 0.226 e. The number of thiazole rings is 1. The number of sulfone groups is 1. The summed E-state index contributed by atoms with van der Waals surface area (Å²) in [4.78, 5) is 17.4. The molecule has 8 nitrogen and oxygen atoms in total. The predicted molar refractivity (Wildman–Crippen MR) is 129 cm³/mol. The van der Waals surface area contributed by atoms with Crippen LogP contribution in [0.25, 0.3) is 15.3 Å². The number of hydrogen-bond acceptors (Lipinski definition) is 7. The van der Waals surface area contributed by atoms with Crippen molar-refractivity contribution in [3.8, 4) is 10.9 Å². The van der Waals surface area contributed by atoms with Gasteiger partial charge in [-0.15, -0.1) is 0 Å². The highest BCUT2D eigenvalue weighted by Gasteiger charge is 2.19. The van der Waals surface area contributed by atoms with E-state index in [1.807, 2.05) is 19.9 Å². The Kier molecular flexibility index (Phi) is 6.22. The quantitative estimate of drug-likeness (QED) is 0.421. The Labute approximate surface area is 196 Å². The van der Waals surface area contributed by atoms with E-state index in [2.05, 4.69) is 28.4 Å². The standard InChI is InChI=1S/C23H24N4O4S2/c1-14-11-19-20(12-15(14)2)32-23(24-19)27-21(13-16(3)26-27)25-22(28)9-10-33(29,30)18-7-5-17(31-4)6-8-18/h5-8,11-13H,9-10H2,1-4H3,(H,25,28). The molecule has 0 aliphatic carbocycles. The van der Waals surface area contributed by atoms with Crippen LogP contribution in [0.4, 0.5) is 5.82 Å². The van der Waals surface area contributed by atoms with Crippen LogP contribution in [0.5, 0.6) is 5.75 Å². The molecule has 1 amide bonds. The number of carbonyl (C=O) groups is 1. The third-order valence-corrected chi connectivity index (χ3v) is 8.01. The second-order valence-corrected chi connectivity index (χ2v) is 10.9. The highest BCUT2D eigenvalue weighted by molar-refractivity contribution is 7.91. The topological polar surface area (TPSA) is 103 Å². The normalized spacial score (nSPS) is 11.6. The highest BCUT2D eigenvalue weighted by Crippen LogP contribution is 2.29. The summed E-state index contributed by atoms with van der Waals surface area (Å²) in [5.41, 5.74) is 3.92. The molecule has 4 rings (SSSR count). The predicted octanol–water partition coefficient (Wildman–Crippen LogP) is 4.22. The van der Waals surface area contributed by atoms with Crippen molar-refractivity contribution < 1.29 is 17.9 Å². The molecule has 0 aliphatic rings. The second-order valence-electron chi connectivity index (χ2n) is 7.78. The minimum absolute atomic E-state index is 0.150. The first-order chi connectivity index (χ1) is 15.7. The minimum atomic E-state index is -3.60. The van der Waals surface area contributed by atoms with Crippen molar-refractivity contribution in [2.24, 2.45) is 0 Å². The fourth-order valence-corrected chi connectivity index (χ4v) is 5.58. The van der Waals surface area contributed by atoms with Crippen molar-refractivity contribution in [1.82, 2.24) is 14.8 Å². The van der Waals surface area contributed by atoms with Gasteiger partial charge in [-0.3, -0.25) is 4.79 Å². The maximum atomic E-state index is 12.6. The molecule has 0 saturated heterocycles. The molecule has 2 aromatic carbocycles. The van der Waals surface area contributed by atoms with Crippen LogP contribution in [-0.2, 0) is 14.6 Å². The summed E-state index contributed by atoms with van der Waals surface area (Å²) in [5.74, 6) is 0.293. The van der Waals surface area contributed by atoms with Gasteiger partial charge in [0.05, 0.1) is 33.7 Å². The van der Waals surface area contributed by atoms with Crippen molar-refractivity contribution >= 4 is 43.1 Å². The Hall–Kier alpha value is -3.24. The van der Waals surface area contributed by atoms with Crippen molar-refractivity contribution in [3.63, 3.8) is 0 Å². The number of carbonyl (C=O) groups excluding carboxylic acids is 1. The zero-order valence-electron chi connectivity index (χ0n) is 18.7. The Morgan fingerprint density at radius 3 is 2.48 bits per heavy atom. The molecule has 0 fully saturated rings. The fourth-order valence-electron chi connectivity index (χ4n) is 3.33. The van der Waals surface area contributed by atoms with Crippen molar-refractivity contribution in [3.05, 3.63) is 59.3 Å². The molecule has 172 valence electrons. The second kappa shape index (κ2) is 8.95. The number of fused-ring (bicyclic) bond motifs is 1. The van der Waals surface area contributed by atoms with Gasteiger partial charge >= 0.3 is 0 Å². The first-order valence-electron chi connectivity index (χ1n) is 10.3. The van der Waals surface area contributed by atoms with Gasteiger partial charge < -0.3 is 10.1 Å². The summed E-state index contributed by atoms with van der Waals surface area (Å²) in [7, 11) is -2.09. The molecule has 0 radical (unpaired) electrons. The fraction of sp³-hybridized carbons (Fsp3) is 0.261. The molecule has 4 aromatic rings. The van der Waals surface area contributed by atoms with E-state index in [-0.39, 0.29) is 17.1 Å². The van der Waals surface area contributed by atoms with Crippen LogP contribution in [0.1, 0.15) is 23.2 Å². The lowest BCUT2D eigenvalue weighted by Crippen LogP contribution is -2.19. The van der Waals surface area contributed by atoms with Gasteiger partial charge in [0.25, 0.3) is 0 Å². The number of methoxy groups -OCH3 is 1. The van der Waals surface area contributed by atoms with Gasteiger partial charge in [-0.25, -0.2) is 13.4 Å². The molecular formula is C23H24N4O4S2. The molecule has 0 unspecified atom stereocenters. The number of aromatic nitrogens is 3. The average molecular weight is 485 g/mol. The summed E-state index contributed by atoms with van der Waals surface area (Å²) in [5, 5.41) is 7.88. The van der Waals surface area contributed by atoms with Crippen molar-refractivity contribution in [2.45, 2.75) is 32.1 Å². The van der Waals surface area contributed by atoms with Crippen LogP contribution in [0.15, 0.2) is 47.4 Å². The van der Waals surface area contributed by atoms with E-state index < -0.39 is 15.7 Å². The Balaban J connectivity index is 1.50. The lowest BCUT2D eigenvalue weighted by molar-refractivity contribution is -0.115. The van der Waals surface area contributed by atoms with E-state index in [9.17, 15) is 13.2 Å². The van der Waals surface area contributed by atoms with Crippen molar-refractivity contribution in [2.75, 3.05) is 18.2 Å². The molecular weight excluding hydrogens is 460 g/mol. The number of nitrogens with one attached hydrogen (secondary N) is 1. The summed E-state index contributed by atoms with van der Waals surface area (Å²) in [6.45, 7) is 5.91. The van der Waals surface area contributed by atoms with Gasteiger partial charge in [0.15, 0.2) is 9.84 Å². The van der Waals surface area contributed by atoms with E-state index in [4.69, 9.17) is 4.74 Å². The van der Waals surface area contributed by atoms with Gasteiger partial charge in [0, 0.05) is 12.5 Å². The monoisotopic (exact) mass is 484 g/mol. The first kappa shape index (κ1) is 22.9. The summed E-state index contributed by atoms with van der Waals surface area (Å²) in [6.07, 6.45) is -0.184. The van der Waals surface area contributed by atoms with Gasteiger partial charge in [-0.1, -0.05) is 11.3 Å². The SMILES string of the molecule is COc1ccc(S(=O)(=O)CCC(=O)Nc2cc(C)nn2-c2nc3cc(C)c(C)cc3s2)cc1. The minimum Gasteiger partial charge on any atom is -0.497 e. The van der Waals surface area contributed by atoms with Gasteiger partial charge in [-0.2, -0.15) is 9.78 Å². The molecule has 33 heavy (non-hydrogen) atoms. The number of nitrogens with zero attached hydrogens (tertiary/aromatic N) is 3. The summed E-state index contributed by atoms with van der Waals surface area (Å²) >= 11 is 1.48. The molecule has 0 aliphatic heterocycles. The number of anilines is 1. The molecule has 2 aromatic heterocycles. The van der Waals surface area contributed by atoms with Crippen LogP contribution in [0.2, 0.25) is 0 Å². The molecule has 2 heterocycles. The Bertz CT molecular complexity index is 1400. The first-order valence-corrected chi connectivity index (χ1v) is 12.7. The number of rotatable bonds is 7. The van der Waals surface area contributed by atoms with E-state index >= 15 is 0 Å². The van der Waals surface area contributed by atoms with E-state index in [1.54, 1.807) is 22.9 Å². The third-order valence-electron chi connectivity index (χ3n) is 5.29. The van der Waals surface area contributed by atoms with Gasteiger partial charge in [-0.05, 0) is 68.3 Å². The largest absolute Gasteiger partial charge is 0.497 e. The zero-order valence-corrected chi connectivity index (χ0v) is 20.4. The molecule has 10 heteroatoms. The molecule has 0 saturated carbocycles. The molecule has 1 N–H and O–H groups in total. The van der Waals surface area contributed by atoms with Crippen LogP contribution in [-0.4, -0.2) is 42.0 Å². The highest BCUT2D eigenvalue weighted by atomic mass is 32.2. The van der Waals surface area contributed by atoms with Crippen LogP contribution in [0, 0.1) is 20.8 Å². The molecule has 0 bridgehead atoms. The maximum absolute atomic E-state index is 12.6.